The second-order valence-corrected chi connectivity index (χ2v) is 6.55. The first-order valence-electron chi connectivity index (χ1n) is 7.89. The van der Waals surface area contributed by atoms with E-state index in [0.717, 1.165) is 23.9 Å². The topological polar surface area (TPSA) is 49.3 Å². The third kappa shape index (κ3) is 6.50. The molecule has 138 valence electrons. The predicted molar refractivity (Wildman–Crippen MR) is 110 cm³/mol. The number of aryl methyl sites for hydroxylation is 1. The van der Waals surface area contributed by atoms with Crippen molar-refractivity contribution < 1.29 is 8.78 Å². The molecule has 1 heterocycles. The lowest BCUT2D eigenvalue weighted by molar-refractivity contribution is 0.551. The molecule has 0 aliphatic carbocycles. The largest absolute Gasteiger partial charge is 0.356 e. The normalized spacial score (nSPS) is 12.4. The lowest BCUT2D eigenvalue weighted by Gasteiger charge is -2.18. The molecular weight excluding hydrogens is 457 g/mol. The van der Waals surface area contributed by atoms with Crippen LogP contribution in [0.5, 0.6) is 0 Å². The van der Waals surface area contributed by atoms with Crippen LogP contribution in [0, 0.1) is 11.6 Å². The molecule has 1 aromatic carbocycles. The van der Waals surface area contributed by atoms with Crippen LogP contribution in [-0.4, -0.2) is 24.5 Å². The Morgan fingerprint density at radius 2 is 2.12 bits per heavy atom. The SMILES string of the molecule is CCc1cnc(CCNC(=NC)NC(C)c2ccc(F)cc2F)s1.I. The van der Waals surface area contributed by atoms with E-state index in [1.165, 1.54) is 17.0 Å². The molecule has 1 atom stereocenters. The number of nitrogens with one attached hydrogen (secondary N) is 2. The van der Waals surface area contributed by atoms with Crippen LogP contribution in [0.3, 0.4) is 0 Å². The fraction of sp³-hybridized carbons (Fsp3) is 0.412. The van der Waals surface area contributed by atoms with E-state index < -0.39 is 11.6 Å². The van der Waals surface area contributed by atoms with Gasteiger partial charge in [0.1, 0.15) is 11.6 Å². The van der Waals surface area contributed by atoms with Crippen molar-refractivity contribution >= 4 is 41.3 Å². The average molecular weight is 480 g/mol. The van der Waals surface area contributed by atoms with Gasteiger partial charge in [0, 0.05) is 42.7 Å². The number of benzene rings is 1. The summed E-state index contributed by atoms with van der Waals surface area (Å²) in [5, 5.41) is 7.37. The number of halogens is 3. The predicted octanol–water partition coefficient (Wildman–Crippen LogP) is 4.07. The third-order valence-electron chi connectivity index (χ3n) is 3.59. The molecule has 0 aliphatic rings. The maximum atomic E-state index is 13.8. The minimum absolute atomic E-state index is 0. The molecule has 0 spiro atoms. The zero-order chi connectivity index (χ0) is 17.5. The van der Waals surface area contributed by atoms with Crippen molar-refractivity contribution in [1.29, 1.82) is 0 Å². The van der Waals surface area contributed by atoms with Crippen LogP contribution in [-0.2, 0) is 12.8 Å². The molecule has 2 aromatic rings. The van der Waals surface area contributed by atoms with Gasteiger partial charge in [0.15, 0.2) is 5.96 Å². The van der Waals surface area contributed by atoms with Crippen molar-refractivity contribution in [3.8, 4) is 0 Å². The Morgan fingerprint density at radius 1 is 1.36 bits per heavy atom. The third-order valence-corrected chi connectivity index (χ3v) is 4.79. The molecule has 0 radical (unpaired) electrons. The minimum Gasteiger partial charge on any atom is -0.356 e. The molecule has 0 saturated heterocycles. The minimum atomic E-state index is -0.583. The van der Waals surface area contributed by atoms with Gasteiger partial charge >= 0.3 is 0 Å². The van der Waals surface area contributed by atoms with Crippen LogP contribution < -0.4 is 10.6 Å². The molecule has 0 saturated carbocycles. The monoisotopic (exact) mass is 480 g/mol. The number of hydrogen-bond acceptors (Lipinski definition) is 3. The lowest BCUT2D eigenvalue weighted by Crippen LogP contribution is -2.39. The summed E-state index contributed by atoms with van der Waals surface area (Å²) in [6.07, 6.45) is 3.70. The summed E-state index contributed by atoms with van der Waals surface area (Å²) in [5.41, 5.74) is 0.395. The average Bonchev–Trinajstić information content (AvgIpc) is 3.01. The van der Waals surface area contributed by atoms with Crippen molar-refractivity contribution in [2.75, 3.05) is 13.6 Å². The van der Waals surface area contributed by atoms with E-state index in [0.29, 0.717) is 18.1 Å². The molecule has 8 heteroatoms. The van der Waals surface area contributed by atoms with E-state index in [2.05, 4.69) is 27.5 Å². The Labute approximate surface area is 168 Å². The first kappa shape index (κ1) is 21.8. The van der Waals surface area contributed by atoms with Crippen molar-refractivity contribution in [3.05, 3.63) is 51.5 Å². The van der Waals surface area contributed by atoms with Gasteiger partial charge in [0.2, 0.25) is 0 Å². The maximum absolute atomic E-state index is 13.8. The lowest BCUT2D eigenvalue weighted by atomic mass is 10.1. The number of aliphatic imine (C=N–C) groups is 1. The highest BCUT2D eigenvalue weighted by Gasteiger charge is 2.13. The summed E-state index contributed by atoms with van der Waals surface area (Å²) in [6, 6.07) is 3.25. The number of nitrogens with zero attached hydrogens (tertiary/aromatic N) is 2. The second kappa shape index (κ2) is 10.6. The molecule has 1 unspecified atom stereocenters. The molecule has 4 nitrogen and oxygen atoms in total. The second-order valence-electron chi connectivity index (χ2n) is 5.35. The zero-order valence-electron chi connectivity index (χ0n) is 14.5. The summed E-state index contributed by atoms with van der Waals surface area (Å²) in [5.74, 6) is -0.584. The summed E-state index contributed by atoms with van der Waals surface area (Å²) >= 11 is 1.71. The molecule has 2 N–H and O–H groups in total. The van der Waals surface area contributed by atoms with E-state index >= 15 is 0 Å². The summed E-state index contributed by atoms with van der Waals surface area (Å²) in [6.45, 7) is 4.59. The number of rotatable bonds is 6. The van der Waals surface area contributed by atoms with Crippen molar-refractivity contribution in [2.24, 2.45) is 4.99 Å². The van der Waals surface area contributed by atoms with Gasteiger partial charge in [-0.3, -0.25) is 4.99 Å². The van der Waals surface area contributed by atoms with Crippen molar-refractivity contribution in [1.82, 2.24) is 15.6 Å². The van der Waals surface area contributed by atoms with Crippen LogP contribution in [0.25, 0.3) is 0 Å². The van der Waals surface area contributed by atoms with E-state index in [4.69, 9.17) is 0 Å². The quantitative estimate of drug-likeness (QED) is 0.373. The first-order chi connectivity index (χ1) is 11.5. The smallest absolute Gasteiger partial charge is 0.191 e. The highest BCUT2D eigenvalue weighted by molar-refractivity contribution is 14.0. The maximum Gasteiger partial charge on any atom is 0.191 e. The van der Waals surface area contributed by atoms with Gasteiger partial charge in [-0.1, -0.05) is 13.0 Å². The highest BCUT2D eigenvalue weighted by Crippen LogP contribution is 2.17. The Morgan fingerprint density at radius 3 is 2.72 bits per heavy atom. The van der Waals surface area contributed by atoms with E-state index in [1.54, 1.807) is 25.3 Å². The van der Waals surface area contributed by atoms with E-state index in [1.807, 2.05) is 6.20 Å². The summed E-state index contributed by atoms with van der Waals surface area (Å²) in [7, 11) is 1.65. The Kier molecular flexibility index (Phi) is 9.26. The molecular formula is C17H23F2IN4S. The fourth-order valence-corrected chi connectivity index (χ4v) is 3.11. The summed E-state index contributed by atoms with van der Waals surface area (Å²) < 4.78 is 26.8. The molecule has 0 bridgehead atoms. The molecule has 0 aliphatic heterocycles. The number of thiazole rings is 1. The van der Waals surface area contributed by atoms with Crippen LogP contribution in [0.1, 0.15) is 35.3 Å². The van der Waals surface area contributed by atoms with Gasteiger partial charge in [0.25, 0.3) is 0 Å². The number of hydrogen-bond donors (Lipinski definition) is 2. The number of aromatic nitrogens is 1. The van der Waals surface area contributed by atoms with Gasteiger partial charge in [0.05, 0.1) is 11.0 Å². The van der Waals surface area contributed by atoms with Gasteiger partial charge in [-0.25, -0.2) is 13.8 Å². The van der Waals surface area contributed by atoms with Gasteiger partial charge in [-0.15, -0.1) is 35.3 Å². The van der Waals surface area contributed by atoms with Gasteiger partial charge in [-0.2, -0.15) is 0 Å². The highest BCUT2D eigenvalue weighted by atomic mass is 127. The van der Waals surface area contributed by atoms with Crippen molar-refractivity contribution in [2.45, 2.75) is 32.7 Å². The van der Waals surface area contributed by atoms with Crippen LogP contribution >= 0.6 is 35.3 Å². The van der Waals surface area contributed by atoms with E-state index in [9.17, 15) is 8.78 Å². The summed E-state index contributed by atoms with van der Waals surface area (Å²) in [4.78, 5) is 9.78. The van der Waals surface area contributed by atoms with Gasteiger partial charge in [-0.05, 0) is 19.4 Å². The Hall–Kier alpha value is -1.29. The molecule has 0 fully saturated rings. The van der Waals surface area contributed by atoms with Crippen LogP contribution in [0.4, 0.5) is 8.78 Å². The zero-order valence-corrected chi connectivity index (χ0v) is 17.6. The number of guanidine groups is 1. The van der Waals surface area contributed by atoms with Gasteiger partial charge < -0.3 is 10.6 Å². The standard InChI is InChI=1S/C17H22F2N4S.HI/c1-4-13-10-22-16(24-13)7-8-21-17(20-3)23-11(2)14-6-5-12(18)9-15(14)19;/h5-6,9-11H,4,7-8H2,1-3H3,(H2,20,21,23);1H. The van der Waals surface area contributed by atoms with Crippen LogP contribution in [0.2, 0.25) is 0 Å². The molecule has 1 aromatic heterocycles. The molecule has 25 heavy (non-hydrogen) atoms. The fourth-order valence-electron chi connectivity index (χ4n) is 2.25. The van der Waals surface area contributed by atoms with Crippen molar-refractivity contribution in [3.63, 3.8) is 0 Å². The van der Waals surface area contributed by atoms with Crippen LogP contribution in [0.15, 0.2) is 29.4 Å². The first-order valence-corrected chi connectivity index (χ1v) is 8.70. The molecule has 0 amide bonds. The Bertz CT molecular complexity index is 706. The molecule has 2 rings (SSSR count). The Balaban J connectivity index is 0.00000312. The van der Waals surface area contributed by atoms with E-state index in [-0.39, 0.29) is 30.0 Å².